The highest BCUT2D eigenvalue weighted by molar-refractivity contribution is 14.0. The molecular formula is C19H20F3IN6. The van der Waals surface area contributed by atoms with Gasteiger partial charge in [0.2, 0.25) is 0 Å². The summed E-state index contributed by atoms with van der Waals surface area (Å²) in [6.07, 6.45) is -1.27. The van der Waals surface area contributed by atoms with E-state index in [4.69, 9.17) is 0 Å². The van der Waals surface area contributed by atoms with E-state index >= 15 is 0 Å². The number of guanidine groups is 1. The largest absolute Gasteiger partial charge is 0.416 e. The molecule has 0 aliphatic carbocycles. The normalized spacial score (nSPS) is 11.7. The molecule has 2 aromatic carbocycles. The van der Waals surface area contributed by atoms with Crippen molar-refractivity contribution >= 4 is 29.9 Å². The number of aliphatic imine (C=N–C) groups is 1. The molecule has 29 heavy (non-hydrogen) atoms. The molecule has 154 valence electrons. The Hall–Kier alpha value is -2.63. The summed E-state index contributed by atoms with van der Waals surface area (Å²) >= 11 is 0. The van der Waals surface area contributed by atoms with Crippen molar-refractivity contribution in [3.63, 3.8) is 0 Å². The van der Waals surface area contributed by atoms with E-state index in [9.17, 15) is 13.2 Å². The first-order chi connectivity index (χ1) is 13.5. The van der Waals surface area contributed by atoms with Crippen LogP contribution in [-0.4, -0.2) is 27.8 Å². The van der Waals surface area contributed by atoms with Gasteiger partial charge in [0.15, 0.2) is 5.96 Å². The summed E-state index contributed by atoms with van der Waals surface area (Å²) in [7, 11) is 1.61. The van der Waals surface area contributed by atoms with Gasteiger partial charge in [0, 0.05) is 20.1 Å². The van der Waals surface area contributed by atoms with Crippen molar-refractivity contribution < 1.29 is 13.2 Å². The van der Waals surface area contributed by atoms with Crippen LogP contribution in [0.25, 0.3) is 5.69 Å². The summed E-state index contributed by atoms with van der Waals surface area (Å²) < 4.78 is 40.0. The van der Waals surface area contributed by atoms with E-state index in [2.05, 4.69) is 25.7 Å². The number of hydrogen-bond donors (Lipinski definition) is 2. The molecule has 0 bridgehead atoms. The minimum Gasteiger partial charge on any atom is -0.352 e. The first-order valence-electron chi connectivity index (χ1n) is 8.50. The van der Waals surface area contributed by atoms with Crippen molar-refractivity contribution in [2.24, 2.45) is 4.99 Å². The molecule has 3 rings (SSSR count). The van der Waals surface area contributed by atoms with Gasteiger partial charge < -0.3 is 10.6 Å². The van der Waals surface area contributed by atoms with Gasteiger partial charge in [-0.1, -0.05) is 24.3 Å². The molecule has 0 atom stereocenters. The maximum atomic E-state index is 12.8. The van der Waals surface area contributed by atoms with Gasteiger partial charge in [-0.05, 0) is 35.4 Å². The number of alkyl halides is 3. The van der Waals surface area contributed by atoms with Gasteiger partial charge in [0.1, 0.15) is 12.7 Å². The average Bonchev–Trinajstić information content (AvgIpc) is 3.23. The van der Waals surface area contributed by atoms with Crippen molar-refractivity contribution in [2.75, 3.05) is 7.05 Å². The minimum absolute atomic E-state index is 0. The Kier molecular flexibility index (Phi) is 8.00. The van der Waals surface area contributed by atoms with Crippen molar-refractivity contribution in [3.05, 3.63) is 77.9 Å². The molecule has 0 amide bonds. The van der Waals surface area contributed by atoms with Crippen LogP contribution in [-0.2, 0) is 19.3 Å². The Morgan fingerprint density at radius 1 is 1.03 bits per heavy atom. The highest BCUT2D eigenvalue weighted by atomic mass is 127. The number of nitrogens with one attached hydrogen (secondary N) is 2. The third kappa shape index (κ3) is 6.44. The molecule has 1 aromatic heterocycles. The zero-order valence-corrected chi connectivity index (χ0v) is 17.8. The molecule has 1 heterocycles. The summed E-state index contributed by atoms with van der Waals surface area (Å²) in [5.74, 6) is 0.498. The average molecular weight is 516 g/mol. The lowest BCUT2D eigenvalue weighted by molar-refractivity contribution is -0.137. The molecule has 10 heteroatoms. The van der Waals surface area contributed by atoms with Crippen LogP contribution in [0.15, 0.2) is 66.2 Å². The Morgan fingerprint density at radius 3 is 2.31 bits per heavy atom. The smallest absolute Gasteiger partial charge is 0.352 e. The van der Waals surface area contributed by atoms with Crippen molar-refractivity contribution in [2.45, 2.75) is 19.3 Å². The molecule has 0 saturated heterocycles. The molecule has 6 nitrogen and oxygen atoms in total. The van der Waals surface area contributed by atoms with Gasteiger partial charge in [-0.2, -0.15) is 18.3 Å². The third-order valence-corrected chi connectivity index (χ3v) is 4.02. The van der Waals surface area contributed by atoms with E-state index < -0.39 is 11.7 Å². The van der Waals surface area contributed by atoms with E-state index in [0.29, 0.717) is 18.1 Å². The second kappa shape index (κ2) is 10.2. The van der Waals surface area contributed by atoms with Crippen LogP contribution in [0.4, 0.5) is 13.2 Å². The molecular weight excluding hydrogens is 496 g/mol. The first-order valence-corrected chi connectivity index (χ1v) is 8.50. The Balaban J connectivity index is 0.00000300. The minimum atomic E-state index is -4.35. The number of hydrogen-bond acceptors (Lipinski definition) is 3. The number of aromatic nitrogens is 3. The fourth-order valence-electron chi connectivity index (χ4n) is 2.56. The van der Waals surface area contributed by atoms with Crippen molar-refractivity contribution in [3.8, 4) is 5.69 Å². The second-order valence-corrected chi connectivity index (χ2v) is 5.98. The van der Waals surface area contributed by atoms with E-state index in [1.807, 2.05) is 24.3 Å². The van der Waals surface area contributed by atoms with Crippen LogP contribution >= 0.6 is 24.0 Å². The number of benzene rings is 2. The van der Waals surface area contributed by atoms with E-state index in [-0.39, 0.29) is 30.5 Å². The van der Waals surface area contributed by atoms with Gasteiger partial charge in [-0.15, -0.1) is 24.0 Å². The molecule has 0 spiro atoms. The Labute approximate surface area is 183 Å². The van der Waals surface area contributed by atoms with Gasteiger partial charge >= 0.3 is 6.18 Å². The maximum absolute atomic E-state index is 12.8. The van der Waals surface area contributed by atoms with Gasteiger partial charge in [0.25, 0.3) is 0 Å². The lowest BCUT2D eigenvalue weighted by Gasteiger charge is -2.13. The summed E-state index contributed by atoms with van der Waals surface area (Å²) in [6.45, 7) is 0.745. The zero-order chi connectivity index (χ0) is 20.0. The van der Waals surface area contributed by atoms with Crippen molar-refractivity contribution in [1.82, 2.24) is 25.4 Å². The summed E-state index contributed by atoms with van der Waals surface area (Å²) in [4.78, 5) is 8.01. The van der Waals surface area contributed by atoms with Crippen LogP contribution < -0.4 is 10.6 Å². The summed E-state index contributed by atoms with van der Waals surface area (Å²) in [5, 5.41) is 10.2. The second-order valence-electron chi connectivity index (χ2n) is 5.98. The predicted octanol–water partition coefficient (Wildman–Crippen LogP) is 3.77. The molecule has 0 aliphatic heterocycles. The van der Waals surface area contributed by atoms with Crippen LogP contribution in [0.3, 0.4) is 0 Å². The molecule has 0 unspecified atom stereocenters. The molecule has 0 radical (unpaired) electrons. The molecule has 0 aliphatic rings. The first kappa shape index (κ1) is 22.7. The van der Waals surface area contributed by atoms with Gasteiger partial charge in [-0.3, -0.25) is 4.99 Å². The van der Waals surface area contributed by atoms with Crippen LogP contribution in [0, 0.1) is 0 Å². The molecule has 3 aromatic rings. The van der Waals surface area contributed by atoms with Crippen LogP contribution in [0.1, 0.15) is 16.7 Å². The molecule has 0 fully saturated rings. The Bertz CT molecular complexity index is 924. The Morgan fingerprint density at radius 2 is 1.72 bits per heavy atom. The van der Waals surface area contributed by atoms with Gasteiger partial charge in [-0.25, -0.2) is 9.67 Å². The maximum Gasteiger partial charge on any atom is 0.416 e. The lowest BCUT2D eigenvalue weighted by Crippen LogP contribution is -2.36. The fraction of sp³-hybridized carbons (Fsp3) is 0.211. The third-order valence-electron chi connectivity index (χ3n) is 4.02. The number of halogens is 4. The number of rotatable bonds is 5. The quantitative estimate of drug-likeness (QED) is 0.308. The van der Waals surface area contributed by atoms with E-state index in [0.717, 1.165) is 23.4 Å². The van der Waals surface area contributed by atoms with Gasteiger partial charge in [0.05, 0.1) is 11.3 Å². The SMILES string of the molecule is CN=C(NCc1ccc(-n2cncn2)cc1)NCc1cccc(C(F)(F)F)c1.I. The highest BCUT2D eigenvalue weighted by Gasteiger charge is 2.30. The van der Waals surface area contributed by atoms with Crippen molar-refractivity contribution in [1.29, 1.82) is 0 Å². The number of nitrogens with zero attached hydrogens (tertiary/aromatic N) is 4. The standard InChI is InChI=1S/C19H19F3N6.HI/c1-23-18(26-11-15-3-2-4-16(9-15)19(20,21)22)25-10-14-5-7-17(8-6-14)28-13-24-12-27-28;/h2-9,12-13H,10-11H2,1H3,(H2,23,25,26);1H. The van der Waals surface area contributed by atoms with E-state index in [1.165, 1.54) is 12.4 Å². The topological polar surface area (TPSA) is 67.1 Å². The monoisotopic (exact) mass is 516 g/mol. The van der Waals surface area contributed by atoms with E-state index in [1.54, 1.807) is 24.1 Å². The molecule has 2 N–H and O–H groups in total. The molecule has 0 saturated carbocycles. The highest BCUT2D eigenvalue weighted by Crippen LogP contribution is 2.29. The van der Waals surface area contributed by atoms with Crippen LogP contribution in [0.2, 0.25) is 0 Å². The predicted molar refractivity (Wildman–Crippen MR) is 115 cm³/mol. The zero-order valence-electron chi connectivity index (χ0n) is 15.5. The summed E-state index contributed by atoms with van der Waals surface area (Å²) in [6, 6.07) is 13.0. The summed E-state index contributed by atoms with van der Waals surface area (Å²) in [5.41, 5.74) is 1.77. The fourth-order valence-corrected chi connectivity index (χ4v) is 2.56. The van der Waals surface area contributed by atoms with Crippen LogP contribution in [0.5, 0.6) is 0 Å². The lowest BCUT2D eigenvalue weighted by atomic mass is 10.1.